The van der Waals surface area contributed by atoms with E-state index in [0.29, 0.717) is 12.3 Å². The van der Waals surface area contributed by atoms with Crippen LogP contribution in [0.3, 0.4) is 0 Å². The van der Waals surface area contributed by atoms with E-state index in [0.717, 1.165) is 43.3 Å². The molecule has 0 aliphatic carbocycles. The maximum atomic E-state index is 10.6. The molecule has 3 aromatic rings. The van der Waals surface area contributed by atoms with Crippen molar-refractivity contribution in [2.75, 3.05) is 19.7 Å². The molecule has 1 atom stereocenters. The Morgan fingerprint density at radius 3 is 2.75 bits per heavy atom. The number of aromatic nitrogens is 4. The zero-order chi connectivity index (χ0) is 19.7. The van der Waals surface area contributed by atoms with Crippen LogP contribution in [0.4, 0.5) is 0 Å². The highest BCUT2D eigenvalue weighted by Gasteiger charge is 2.23. The molecule has 1 N–H and O–H groups in total. The van der Waals surface area contributed by atoms with Crippen molar-refractivity contribution >= 4 is 0 Å². The van der Waals surface area contributed by atoms with Crippen molar-refractivity contribution in [3.63, 3.8) is 0 Å². The van der Waals surface area contributed by atoms with Gasteiger partial charge in [0.15, 0.2) is 0 Å². The smallest absolute Gasteiger partial charge is 0.139 e. The van der Waals surface area contributed by atoms with Gasteiger partial charge in [0.2, 0.25) is 0 Å². The summed E-state index contributed by atoms with van der Waals surface area (Å²) < 4.78 is 9.60. The fourth-order valence-corrected chi connectivity index (χ4v) is 3.57. The molecule has 4 rings (SSSR count). The summed E-state index contributed by atoms with van der Waals surface area (Å²) in [5.74, 6) is 0.923. The Labute approximate surface area is 165 Å². The molecular formula is C21H27N5O2. The molecule has 148 valence electrons. The van der Waals surface area contributed by atoms with Crippen LogP contribution in [0.2, 0.25) is 0 Å². The van der Waals surface area contributed by atoms with E-state index in [4.69, 9.17) is 4.74 Å². The highest BCUT2D eigenvalue weighted by molar-refractivity contribution is 5.33. The van der Waals surface area contributed by atoms with Crippen LogP contribution in [0.15, 0.2) is 36.5 Å². The van der Waals surface area contributed by atoms with Gasteiger partial charge in [-0.25, -0.2) is 0 Å². The zero-order valence-corrected chi connectivity index (χ0v) is 16.7. The minimum Gasteiger partial charge on any atom is -0.492 e. The third-order valence-corrected chi connectivity index (χ3v) is 5.47. The molecule has 1 aromatic carbocycles. The maximum absolute atomic E-state index is 10.6. The van der Waals surface area contributed by atoms with Crippen molar-refractivity contribution in [1.29, 1.82) is 0 Å². The lowest BCUT2D eigenvalue weighted by atomic mass is 10.1. The molecule has 7 nitrogen and oxygen atoms in total. The molecule has 7 heteroatoms. The van der Waals surface area contributed by atoms with Gasteiger partial charge in [0.05, 0.1) is 23.6 Å². The summed E-state index contributed by atoms with van der Waals surface area (Å²) in [4.78, 5) is 2.36. The summed E-state index contributed by atoms with van der Waals surface area (Å²) in [6.07, 6.45) is 0.929. The van der Waals surface area contributed by atoms with Crippen molar-refractivity contribution in [2.45, 2.75) is 33.0 Å². The molecule has 0 unspecified atom stereocenters. The van der Waals surface area contributed by atoms with Crippen molar-refractivity contribution in [3.8, 4) is 5.75 Å². The maximum Gasteiger partial charge on any atom is 0.139 e. The number of aryl methyl sites for hydroxylation is 3. The first-order valence-corrected chi connectivity index (χ1v) is 9.66. The number of hydrogen-bond acceptors (Lipinski definition) is 5. The second-order valence-corrected chi connectivity index (χ2v) is 7.44. The van der Waals surface area contributed by atoms with Gasteiger partial charge in [0.25, 0.3) is 0 Å². The van der Waals surface area contributed by atoms with E-state index in [2.05, 4.69) is 41.1 Å². The van der Waals surface area contributed by atoms with E-state index in [1.54, 1.807) is 10.9 Å². The number of aliphatic hydroxyl groups excluding tert-OH is 1. The lowest BCUT2D eigenvalue weighted by Gasteiger charge is -2.27. The fraction of sp³-hybridized carbons (Fsp3) is 0.429. The van der Waals surface area contributed by atoms with Gasteiger partial charge in [-0.3, -0.25) is 14.3 Å². The lowest BCUT2D eigenvalue weighted by molar-refractivity contribution is 0.171. The molecule has 28 heavy (non-hydrogen) atoms. The Bertz CT molecular complexity index is 962. The summed E-state index contributed by atoms with van der Waals surface area (Å²) in [7, 11) is 1.83. The van der Waals surface area contributed by atoms with Gasteiger partial charge in [0.1, 0.15) is 18.5 Å². The predicted octanol–water partition coefficient (Wildman–Crippen LogP) is 2.21. The van der Waals surface area contributed by atoms with Crippen LogP contribution in [-0.2, 0) is 20.1 Å². The molecule has 0 spiro atoms. The number of fused-ring (bicyclic) bond motifs is 1. The SMILES string of the molecule is Cc1ccc(OCCN2CCn3nc([C@@H](O)c4ccnn4C)cc3C2)cc1C. The molecule has 2 aromatic heterocycles. The Morgan fingerprint density at radius 2 is 2.00 bits per heavy atom. The Kier molecular flexibility index (Phi) is 5.19. The molecule has 0 saturated heterocycles. The summed E-state index contributed by atoms with van der Waals surface area (Å²) in [6, 6.07) is 10.0. The normalized spacial score (nSPS) is 15.4. The minimum atomic E-state index is -0.757. The quantitative estimate of drug-likeness (QED) is 0.709. The van der Waals surface area contributed by atoms with Crippen molar-refractivity contribution in [1.82, 2.24) is 24.5 Å². The van der Waals surface area contributed by atoms with Crippen LogP contribution in [-0.4, -0.2) is 49.3 Å². The van der Waals surface area contributed by atoms with Crippen molar-refractivity contribution in [3.05, 3.63) is 64.7 Å². The highest BCUT2D eigenvalue weighted by Crippen LogP contribution is 2.23. The number of aliphatic hydroxyl groups is 1. The van der Waals surface area contributed by atoms with Crippen LogP contribution >= 0.6 is 0 Å². The van der Waals surface area contributed by atoms with Gasteiger partial charge in [-0.15, -0.1) is 0 Å². The van der Waals surface area contributed by atoms with E-state index < -0.39 is 6.10 Å². The number of benzene rings is 1. The Morgan fingerprint density at radius 1 is 1.14 bits per heavy atom. The summed E-state index contributed by atoms with van der Waals surface area (Å²) in [5, 5.41) is 19.3. The molecule has 0 radical (unpaired) electrons. The highest BCUT2D eigenvalue weighted by atomic mass is 16.5. The Balaban J connectivity index is 1.35. The third-order valence-electron chi connectivity index (χ3n) is 5.47. The zero-order valence-electron chi connectivity index (χ0n) is 16.7. The lowest BCUT2D eigenvalue weighted by Crippen LogP contribution is -2.36. The van der Waals surface area contributed by atoms with Crippen LogP contribution < -0.4 is 4.74 Å². The van der Waals surface area contributed by atoms with Crippen LogP contribution in [0, 0.1) is 13.8 Å². The number of ether oxygens (including phenoxy) is 1. The largest absolute Gasteiger partial charge is 0.492 e. The summed E-state index contributed by atoms with van der Waals surface area (Å²) in [5.41, 5.74) is 5.06. The van der Waals surface area contributed by atoms with Gasteiger partial charge in [0, 0.05) is 32.9 Å². The first-order valence-electron chi connectivity index (χ1n) is 9.66. The van der Waals surface area contributed by atoms with Crippen molar-refractivity contribution in [2.24, 2.45) is 7.05 Å². The average Bonchev–Trinajstić information content (AvgIpc) is 3.30. The average molecular weight is 381 g/mol. The summed E-state index contributed by atoms with van der Waals surface area (Å²) >= 11 is 0. The van der Waals surface area contributed by atoms with Crippen molar-refractivity contribution < 1.29 is 9.84 Å². The first-order chi connectivity index (χ1) is 13.5. The van der Waals surface area contributed by atoms with Gasteiger partial charge < -0.3 is 9.84 Å². The molecular weight excluding hydrogens is 354 g/mol. The first kappa shape index (κ1) is 18.7. The van der Waals surface area contributed by atoms with E-state index in [-0.39, 0.29) is 0 Å². The summed E-state index contributed by atoms with van der Waals surface area (Å²) in [6.45, 7) is 8.27. The number of hydrogen-bond donors (Lipinski definition) is 1. The number of rotatable bonds is 6. The van der Waals surface area contributed by atoms with Crippen LogP contribution in [0.25, 0.3) is 0 Å². The van der Waals surface area contributed by atoms with E-state index >= 15 is 0 Å². The standard InChI is InChI=1S/C21H27N5O2/c1-15-4-5-18(12-16(15)2)28-11-10-25-8-9-26-17(14-25)13-19(23-26)21(27)20-6-7-22-24(20)3/h4-7,12-13,21,27H,8-11,14H2,1-3H3/t21-/m1/s1. The van der Waals surface area contributed by atoms with E-state index in [1.165, 1.54) is 11.1 Å². The fourth-order valence-electron chi connectivity index (χ4n) is 3.57. The van der Waals surface area contributed by atoms with E-state index in [9.17, 15) is 5.11 Å². The Hall–Kier alpha value is -2.64. The molecule has 0 saturated carbocycles. The second-order valence-electron chi connectivity index (χ2n) is 7.44. The van der Waals surface area contributed by atoms with Crippen LogP contribution in [0.1, 0.15) is 34.3 Å². The minimum absolute atomic E-state index is 0.654. The third kappa shape index (κ3) is 3.81. The topological polar surface area (TPSA) is 68.3 Å². The number of nitrogens with zero attached hydrogens (tertiary/aromatic N) is 5. The van der Waals surface area contributed by atoms with Crippen LogP contribution in [0.5, 0.6) is 5.75 Å². The monoisotopic (exact) mass is 381 g/mol. The van der Waals surface area contributed by atoms with Gasteiger partial charge in [-0.05, 0) is 49.2 Å². The molecule has 0 bridgehead atoms. The molecule has 1 aliphatic rings. The van der Waals surface area contributed by atoms with Gasteiger partial charge >= 0.3 is 0 Å². The molecule has 1 aliphatic heterocycles. The van der Waals surface area contributed by atoms with E-state index in [1.807, 2.05) is 29.9 Å². The van der Waals surface area contributed by atoms with Gasteiger partial charge in [-0.2, -0.15) is 10.2 Å². The predicted molar refractivity (Wildman–Crippen MR) is 106 cm³/mol. The second kappa shape index (κ2) is 7.77. The van der Waals surface area contributed by atoms with Gasteiger partial charge in [-0.1, -0.05) is 6.07 Å². The molecule has 0 fully saturated rings. The molecule has 0 amide bonds. The molecule has 3 heterocycles.